The van der Waals surface area contributed by atoms with Gasteiger partial charge in [-0.15, -0.1) is 11.6 Å². The van der Waals surface area contributed by atoms with Crippen LogP contribution in [0.1, 0.15) is 46.1 Å². The molecule has 114 valence electrons. The number of alkyl halides is 1. The van der Waals surface area contributed by atoms with E-state index < -0.39 is 10.0 Å². The molecule has 2 atom stereocenters. The second-order valence-corrected chi connectivity index (χ2v) is 8.19. The molecule has 0 aromatic heterocycles. The highest BCUT2D eigenvalue weighted by atomic mass is 35.5. The Labute approximate surface area is 127 Å². The van der Waals surface area contributed by atoms with Gasteiger partial charge in [-0.05, 0) is 44.4 Å². The molecule has 3 nitrogen and oxygen atoms in total. The normalized spacial score (nSPS) is 15.6. The molecule has 0 radical (unpaired) electrons. The number of nitrogens with one attached hydrogen (secondary N) is 1. The number of halogens is 1. The van der Waals surface area contributed by atoms with Gasteiger partial charge in [-0.3, -0.25) is 0 Å². The zero-order valence-electron chi connectivity index (χ0n) is 12.7. The summed E-state index contributed by atoms with van der Waals surface area (Å²) in [6.45, 7) is 9.81. The van der Waals surface area contributed by atoms with E-state index in [0.717, 1.165) is 5.56 Å². The molecule has 0 aliphatic heterocycles. The minimum absolute atomic E-state index is 0.00578. The topological polar surface area (TPSA) is 46.2 Å². The lowest BCUT2D eigenvalue weighted by molar-refractivity contribution is 0.490. The first-order chi connectivity index (χ1) is 9.15. The fraction of sp³-hybridized carbons (Fsp3) is 0.600. The molecule has 1 rings (SSSR count). The van der Waals surface area contributed by atoms with E-state index >= 15 is 0 Å². The highest BCUT2D eigenvalue weighted by Gasteiger charge is 2.22. The van der Waals surface area contributed by atoms with E-state index in [1.54, 1.807) is 26.0 Å². The Morgan fingerprint density at radius 1 is 1.00 bits per heavy atom. The number of rotatable bonds is 6. The van der Waals surface area contributed by atoms with Gasteiger partial charge in [0.2, 0.25) is 10.0 Å². The molecule has 1 N–H and O–H groups in total. The van der Waals surface area contributed by atoms with Gasteiger partial charge in [0.1, 0.15) is 0 Å². The predicted molar refractivity (Wildman–Crippen MR) is 84.8 cm³/mol. The SMILES string of the molecule is CC(C)NS(=O)(=O)c1ccc(C(C(C)C)C(C)Cl)cc1. The largest absolute Gasteiger partial charge is 0.240 e. The zero-order chi connectivity index (χ0) is 15.5. The van der Waals surface area contributed by atoms with E-state index in [0.29, 0.717) is 10.8 Å². The molecule has 0 heterocycles. The zero-order valence-corrected chi connectivity index (χ0v) is 14.3. The Balaban J connectivity index is 3.05. The first kappa shape index (κ1) is 17.5. The molecule has 5 heteroatoms. The Hall–Kier alpha value is -0.580. The number of hydrogen-bond acceptors (Lipinski definition) is 2. The average molecular weight is 318 g/mol. The van der Waals surface area contributed by atoms with Crippen molar-refractivity contribution in [1.82, 2.24) is 4.72 Å². The van der Waals surface area contributed by atoms with Crippen molar-refractivity contribution in [3.05, 3.63) is 29.8 Å². The summed E-state index contributed by atoms with van der Waals surface area (Å²) in [5.74, 6) is 0.616. The second kappa shape index (κ2) is 6.92. The van der Waals surface area contributed by atoms with E-state index in [4.69, 9.17) is 11.6 Å². The number of benzene rings is 1. The molecular weight excluding hydrogens is 294 g/mol. The van der Waals surface area contributed by atoms with E-state index in [1.165, 1.54) is 0 Å². The van der Waals surface area contributed by atoms with Crippen molar-refractivity contribution in [1.29, 1.82) is 0 Å². The van der Waals surface area contributed by atoms with E-state index in [9.17, 15) is 8.42 Å². The van der Waals surface area contributed by atoms with Gasteiger partial charge >= 0.3 is 0 Å². The lowest BCUT2D eigenvalue weighted by Gasteiger charge is -2.24. The summed E-state index contributed by atoms with van der Waals surface area (Å²) in [5.41, 5.74) is 1.07. The average Bonchev–Trinajstić information content (AvgIpc) is 2.26. The molecule has 0 aliphatic carbocycles. The molecule has 0 fully saturated rings. The first-order valence-electron chi connectivity index (χ1n) is 6.91. The van der Waals surface area contributed by atoms with Gasteiger partial charge in [-0.2, -0.15) is 0 Å². The van der Waals surface area contributed by atoms with Crippen molar-refractivity contribution in [2.24, 2.45) is 5.92 Å². The third-order valence-electron chi connectivity index (χ3n) is 3.18. The summed E-state index contributed by atoms with van der Waals surface area (Å²) in [6, 6.07) is 6.89. The van der Waals surface area contributed by atoms with Crippen LogP contribution in [0.2, 0.25) is 0 Å². The van der Waals surface area contributed by atoms with Gasteiger partial charge in [-0.25, -0.2) is 13.1 Å². The third kappa shape index (κ3) is 4.47. The molecular formula is C15H24ClNO2S. The van der Waals surface area contributed by atoms with Crippen molar-refractivity contribution in [3.63, 3.8) is 0 Å². The van der Waals surface area contributed by atoms with Crippen molar-refractivity contribution in [2.45, 2.75) is 56.9 Å². The number of sulfonamides is 1. The van der Waals surface area contributed by atoms with Gasteiger partial charge in [0.25, 0.3) is 0 Å². The van der Waals surface area contributed by atoms with E-state index in [1.807, 2.05) is 19.1 Å². The van der Waals surface area contributed by atoms with Crippen LogP contribution < -0.4 is 4.72 Å². The maximum absolute atomic E-state index is 12.1. The number of hydrogen-bond donors (Lipinski definition) is 1. The minimum atomic E-state index is -3.43. The molecule has 0 saturated heterocycles. The smallest absolute Gasteiger partial charge is 0.209 e. The summed E-state index contributed by atoms with van der Waals surface area (Å²) in [5, 5.41) is 0.00578. The van der Waals surface area contributed by atoms with Gasteiger partial charge in [0.15, 0.2) is 0 Å². The highest BCUT2D eigenvalue weighted by molar-refractivity contribution is 7.89. The Bertz CT molecular complexity index is 513. The van der Waals surface area contributed by atoms with Gasteiger partial charge in [0.05, 0.1) is 4.90 Å². The van der Waals surface area contributed by atoms with Crippen molar-refractivity contribution < 1.29 is 8.42 Å². The molecule has 0 bridgehead atoms. The highest BCUT2D eigenvalue weighted by Crippen LogP contribution is 2.31. The Morgan fingerprint density at radius 3 is 1.85 bits per heavy atom. The van der Waals surface area contributed by atoms with Crippen LogP contribution in [-0.4, -0.2) is 19.8 Å². The quantitative estimate of drug-likeness (QED) is 0.812. The molecule has 0 aliphatic rings. The fourth-order valence-corrected chi connectivity index (χ4v) is 4.12. The van der Waals surface area contributed by atoms with Crippen LogP contribution in [-0.2, 0) is 10.0 Å². The maximum atomic E-state index is 12.1. The van der Waals surface area contributed by atoms with Crippen molar-refractivity contribution in [2.75, 3.05) is 0 Å². The van der Waals surface area contributed by atoms with Gasteiger partial charge < -0.3 is 0 Å². The van der Waals surface area contributed by atoms with Crippen molar-refractivity contribution >= 4 is 21.6 Å². The summed E-state index contributed by atoms with van der Waals surface area (Å²) in [7, 11) is -3.43. The van der Waals surface area contributed by atoms with Crippen LogP contribution >= 0.6 is 11.6 Å². The van der Waals surface area contributed by atoms with Crippen LogP contribution in [0.15, 0.2) is 29.2 Å². The molecule has 1 aromatic carbocycles. The van der Waals surface area contributed by atoms with Crippen LogP contribution in [0, 0.1) is 5.92 Å². The third-order valence-corrected chi connectivity index (χ3v) is 5.13. The predicted octanol–water partition coefficient (Wildman–Crippen LogP) is 3.74. The summed E-state index contributed by atoms with van der Waals surface area (Å²) in [4.78, 5) is 0.291. The molecule has 2 unspecified atom stereocenters. The second-order valence-electron chi connectivity index (χ2n) is 5.79. The van der Waals surface area contributed by atoms with E-state index in [2.05, 4.69) is 18.6 Å². The Kier molecular flexibility index (Phi) is 6.05. The maximum Gasteiger partial charge on any atom is 0.240 e. The molecule has 1 aromatic rings. The van der Waals surface area contributed by atoms with Crippen LogP contribution in [0.5, 0.6) is 0 Å². The van der Waals surface area contributed by atoms with Crippen LogP contribution in [0.4, 0.5) is 0 Å². The monoisotopic (exact) mass is 317 g/mol. The molecule has 0 saturated carbocycles. The van der Waals surface area contributed by atoms with E-state index in [-0.39, 0.29) is 17.3 Å². The lowest BCUT2D eigenvalue weighted by atomic mass is 9.86. The first-order valence-corrected chi connectivity index (χ1v) is 8.83. The lowest BCUT2D eigenvalue weighted by Crippen LogP contribution is -2.30. The van der Waals surface area contributed by atoms with Gasteiger partial charge in [0, 0.05) is 17.3 Å². The summed E-state index contributed by atoms with van der Waals surface area (Å²) < 4.78 is 26.7. The minimum Gasteiger partial charge on any atom is -0.209 e. The van der Waals surface area contributed by atoms with Gasteiger partial charge in [-0.1, -0.05) is 26.0 Å². The van der Waals surface area contributed by atoms with Crippen LogP contribution in [0.25, 0.3) is 0 Å². The van der Waals surface area contributed by atoms with Crippen LogP contribution in [0.3, 0.4) is 0 Å². The molecule has 0 amide bonds. The molecule has 20 heavy (non-hydrogen) atoms. The Morgan fingerprint density at radius 2 is 1.50 bits per heavy atom. The fourth-order valence-electron chi connectivity index (χ4n) is 2.43. The summed E-state index contributed by atoms with van der Waals surface area (Å²) >= 11 is 6.24. The summed E-state index contributed by atoms with van der Waals surface area (Å²) in [6.07, 6.45) is 0. The van der Waals surface area contributed by atoms with Crippen molar-refractivity contribution in [3.8, 4) is 0 Å². The standard InChI is InChI=1S/C15H24ClNO2S/c1-10(2)15(12(5)16)13-6-8-14(9-7-13)20(18,19)17-11(3)4/h6-12,15,17H,1-5H3. The molecule has 0 spiro atoms.